The monoisotopic (exact) mass is 419 g/mol. The quantitative estimate of drug-likeness (QED) is 0.418. The Hall–Kier alpha value is -2.37. The normalized spacial score (nSPS) is 20.7. The second-order valence-corrected chi connectivity index (χ2v) is 8.52. The van der Waals surface area contributed by atoms with E-state index in [9.17, 15) is 14.4 Å². The molecule has 1 aliphatic rings. The van der Waals surface area contributed by atoms with Crippen LogP contribution in [0.2, 0.25) is 0 Å². The summed E-state index contributed by atoms with van der Waals surface area (Å²) < 4.78 is 4.33. The molecule has 5 nitrogen and oxygen atoms in total. The highest BCUT2D eigenvalue weighted by Crippen LogP contribution is 2.64. The number of carbonyl (C=O) groups is 3. The van der Waals surface area contributed by atoms with Crippen LogP contribution in [0.3, 0.4) is 0 Å². The number of ether oxygens (including phenoxy) is 1. The Bertz CT molecular complexity index is 929. The molecule has 1 aliphatic carbocycles. The maximum absolute atomic E-state index is 12.9. The van der Waals surface area contributed by atoms with Gasteiger partial charge in [0.25, 0.3) is 5.91 Å². The number of esters is 1. The minimum atomic E-state index is -1.20. The van der Waals surface area contributed by atoms with Crippen molar-refractivity contribution in [3.8, 4) is 0 Å². The van der Waals surface area contributed by atoms with Gasteiger partial charge >= 0.3 is 5.97 Å². The van der Waals surface area contributed by atoms with Crippen molar-refractivity contribution >= 4 is 46.5 Å². The van der Waals surface area contributed by atoms with E-state index in [1.807, 2.05) is 0 Å². The van der Waals surface area contributed by atoms with Crippen molar-refractivity contribution < 1.29 is 19.1 Å². The predicted octanol–water partition coefficient (Wildman–Crippen LogP) is 4.70. The summed E-state index contributed by atoms with van der Waals surface area (Å²) in [7, 11) is 0. The molecule has 1 saturated carbocycles. The van der Waals surface area contributed by atoms with Crippen LogP contribution in [0.25, 0.3) is 0 Å². The molecule has 146 valence electrons. The number of Topliss-reactive ketones (excluding diaryl/α,β-unsaturated/α-hetero) is 1. The highest BCUT2D eigenvalue weighted by molar-refractivity contribution is 6.53. The van der Waals surface area contributed by atoms with Gasteiger partial charge in [-0.15, -0.1) is 23.2 Å². The summed E-state index contributed by atoms with van der Waals surface area (Å²) in [6.07, 6.45) is -0.928. The van der Waals surface area contributed by atoms with Gasteiger partial charge in [0.2, 0.25) is 6.10 Å². The second-order valence-electron chi connectivity index (χ2n) is 7.04. The van der Waals surface area contributed by atoms with E-state index in [0.29, 0.717) is 16.8 Å². The number of alkyl halides is 2. The van der Waals surface area contributed by atoms with Crippen LogP contribution in [-0.4, -0.2) is 22.0 Å². The SMILES string of the molecule is CC(=O)c1cccc(NC(=O)[C@H](OC(=O)[C@@]2(C)CC2(Cl)Cl)c2ccccc2)c1. The first-order chi connectivity index (χ1) is 13.1. The highest BCUT2D eigenvalue weighted by Gasteiger charge is 2.69. The van der Waals surface area contributed by atoms with Gasteiger partial charge in [-0.25, -0.2) is 0 Å². The van der Waals surface area contributed by atoms with Gasteiger partial charge < -0.3 is 10.1 Å². The van der Waals surface area contributed by atoms with Gasteiger partial charge in [0.15, 0.2) is 5.78 Å². The van der Waals surface area contributed by atoms with Crippen molar-refractivity contribution in [3.63, 3.8) is 0 Å². The van der Waals surface area contributed by atoms with Gasteiger partial charge in [0, 0.05) is 23.2 Å². The lowest BCUT2D eigenvalue weighted by Gasteiger charge is -2.21. The number of benzene rings is 2. The molecule has 2 atom stereocenters. The summed E-state index contributed by atoms with van der Waals surface area (Å²) in [4.78, 5) is 37.1. The maximum atomic E-state index is 12.9. The van der Waals surface area contributed by atoms with Crippen molar-refractivity contribution in [2.45, 2.75) is 30.7 Å². The van der Waals surface area contributed by atoms with Crippen LogP contribution in [0, 0.1) is 5.41 Å². The molecule has 2 aromatic rings. The molecule has 1 N–H and O–H groups in total. The third-order valence-electron chi connectivity index (χ3n) is 4.81. The molecule has 7 heteroatoms. The van der Waals surface area contributed by atoms with Crippen molar-refractivity contribution in [2.75, 3.05) is 5.32 Å². The Morgan fingerprint density at radius 2 is 1.71 bits per heavy atom. The van der Waals surface area contributed by atoms with E-state index in [1.165, 1.54) is 6.92 Å². The smallest absolute Gasteiger partial charge is 0.316 e. The lowest BCUT2D eigenvalue weighted by Crippen LogP contribution is -2.30. The molecule has 0 heterocycles. The highest BCUT2D eigenvalue weighted by atomic mass is 35.5. The number of anilines is 1. The van der Waals surface area contributed by atoms with E-state index >= 15 is 0 Å². The van der Waals surface area contributed by atoms with E-state index in [1.54, 1.807) is 61.5 Å². The third-order valence-corrected chi connectivity index (χ3v) is 5.91. The number of hydrogen-bond acceptors (Lipinski definition) is 4. The van der Waals surface area contributed by atoms with E-state index in [4.69, 9.17) is 27.9 Å². The number of nitrogens with one attached hydrogen (secondary N) is 1. The van der Waals surface area contributed by atoms with Crippen molar-refractivity contribution in [2.24, 2.45) is 5.41 Å². The number of halogens is 2. The Morgan fingerprint density at radius 3 is 2.29 bits per heavy atom. The van der Waals surface area contributed by atoms with Gasteiger partial charge in [-0.05, 0) is 26.0 Å². The summed E-state index contributed by atoms with van der Waals surface area (Å²) in [5.41, 5.74) is 0.342. The molecule has 28 heavy (non-hydrogen) atoms. The molecular formula is C21H19Cl2NO4. The average molecular weight is 420 g/mol. The zero-order chi connectivity index (χ0) is 20.5. The summed E-state index contributed by atoms with van der Waals surface area (Å²) in [5.74, 6) is -1.30. The molecule has 0 unspecified atom stereocenters. The summed E-state index contributed by atoms with van der Waals surface area (Å²) in [6.45, 7) is 3.04. The molecule has 0 aromatic heterocycles. The molecule has 3 rings (SSSR count). The number of carbonyl (C=O) groups excluding carboxylic acids is 3. The standard InChI is InChI=1S/C21H19Cl2NO4/c1-13(25)15-9-6-10-16(11-15)24-18(26)17(14-7-4-3-5-8-14)28-19(27)20(2)12-21(20,22)23/h3-11,17H,12H2,1-2H3,(H,24,26)/t17-,20-/m1/s1. The Labute approximate surface area is 173 Å². The van der Waals surface area contributed by atoms with Crippen molar-refractivity contribution in [1.29, 1.82) is 0 Å². The summed E-state index contributed by atoms with van der Waals surface area (Å²) in [5, 5.41) is 2.70. The summed E-state index contributed by atoms with van der Waals surface area (Å²) in [6, 6.07) is 15.2. The van der Waals surface area contributed by atoms with Gasteiger partial charge in [0.05, 0.1) is 0 Å². The molecule has 0 radical (unpaired) electrons. The fraction of sp³-hybridized carbons (Fsp3) is 0.286. The number of hydrogen-bond donors (Lipinski definition) is 1. The first-order valence-corrected chi connectivity index (χ1v) is 9.45. The fourth-order valence-corrected chi connectivity index (χ4v) is 3.47. The van der Waals surface area contributed by atoms with Crippen LogP contribution in [0.4, 0.5) is 5.69 Å². The van der Waals surface area contributed by atoms with E-state index in [2.05, 4.69) is 5.32 Å². The lowest BCUT2D eigenvalue weighted by atomic mass is 10.1. The minimum Gasteiger partial charge on any atom is -0.447 e. The number of amides is 1. The topological polar surface area (TPSA) is 72.5 Å². The van der Waals surface area contributed by atoms with Crippen LogP contribution in [0.5, 0.6) is 0 Å². The zero-order valence-electron chi connectivity index (χ0n) is 15.4. The molecule has 2 aromatic carbocycles. The molecule has 1 amide bonds. The van der Waals surface area contributed by atoms with Crippen LogP contribution < -0.4 is 5.32 Å². The third kappa shape index (κ3) is 4.05. The van der Waals surface area contributed by atoms with Crippen molar-refractivity contribution in [1.82, 2.24) is 0 Å². The minimum absolute atomic E-state index is 0.121. The number of ketones is 1. The second kappa shape index (κ2) is 7.57. The van der Waals surface area contributed by atoms with E-state index in [0.717, 1.165) is 0 Å². The van der Waals surface area contributed by atoms with Crippen molar-refractivity contribution in [3.05, 3.63) is 65.7 Å². The average Bonchev–Trinajstić information content (AvgIpc) is 3.19. The van der Waals surface area contributed by atoms with Crippen LogP contribution in [0.15, 0.2) is 54.6 Å². The Balaban J connectivity index is 1.83. The largest absolute Gasteiger partial charge is 0.447 e. The Kier molecular flexibility index (Phi) is 5.50. The lowest BCUT2D eigenvalue weighted by molar-refractivity contribution is -0.159. The molecule has 1 fully saturated rings. The predicted molar refractivity (Wildman–Crippen MR) is 108 cm³/mol. The molecular weight excluding hydrogens is 401 g/mol. The van der Waals surface area contributed by atoms with Gasteiger partial charge in [-0.2, -0.15) is 0 Å². The molecule has 0 saturated heterocycles. The van der Waals surface area contributed by atoms with E-state index in [-0.39, 0.29) is 12.2 Å². The summed E-state index contributed by atoms with van der Waals surface area (Å²) >= 11 is 12.1. The zero-order valence-corrected chi connectivity index (χ0v) is 16.9. The van der Waals surface area contributed by atoms with Gasteiger partial charge in [-0.1, -0.05) is 42.5 Å². The van der Waals surface area contributed by atoms with Crippen LogP contribution in [-0.2, 0) is 14.3 Å². The Morgan fingerprint density at radius 1 is 1.07 bits per heavy atom. The maximum Gasteiger partial charge on any atom is 0.316 e. The first kappa shape index (κ1) is 20.4. The van der Waals surface area contributed by atoms with Gasteiger partial charge in [0.1, 0.15) is 9.75 Å². The van der Waals surface area contributed by atoms with Gasteiger partial charge in [-0.3, -0.25) is 14.4 Å². The number of rotatable bonds is 6. The first-order valence-electron chi connectivity index (χ1n) is 8.70. The van der Waals surface area contributed by atoms with E-state index < -0.39 is 27.7 Å². The van der Waals surface area contributed by atoms with Crippen LogP contribution in [0.1, 0.15) is 42.3 Å². The molecule has 0 spiro atoms. The molecule has 0 aliphatic heterocycles. The van der Waals surface area contributed by atoms with Crippen LogP contribution >= 0.6 is 23.2 Å². The molecule has 0 bridgehead atoms. The fourth-order valence-electron chi connectivity index (χ4n) is 2.78.